The Morgan fingerprint density at radius 3 is 2.23 bits per heavy atom. The van der Waals surface area contributed by atoms with Crippen molar-refractivity contribution in [1.82, 2.24) is 0 Å². The van der Waals surface area contributed by atoms with Crippen molar-refractivity contribution >= 4 is 11.8 Å². The average molecular weight is 300 g/mol. The van der Waals surface area contributed by atoms with E-state index < -0.39 is 5.97 Å². The van der Waals surface area contributed by atoms with Crippen molar-refractivity contribution in [3.63, 3.8) is 0 Å². The summed E-state index contributed by atoms with van der Waals surface area (Å²) >= 11 is 0. The lowest BCUT2D eigenvalue weighted by Crippen LogP contribution is -2.15. The molecule has 5 nitrogen and oxygen atoms in total. The molecule has 0 saturated carbocycles. The van der Waals surface area contributed by atoms with Gasteiger partial charge in [0.25, 0.3) is 0 Å². The van der Waals surface area contributed by atoms with Crippen LogP contribution in [0.4, 0.5) is 0 Å². The number of ketones is 1. The zero-order valence-corrected chi connectivity index (χ0v) is 12.4. The van der Waals surface area contributed by atoms with Crippen LogP contribution in [0.15, 0.2) is 48.5 Å². The van der Waals surface area contributed by atoms with Gasteiger partial charge in [-0.15, -0.1) is 0 Å². The highest BCUT2D eigenvalue weighted by Gasteiger charge is 2.15. The van der Waals surface area contributed by atoms with Gasteiger partial charge in [0.15, 0.2) is 6.61 Å². The quantitative estimate of drug-likeness (QED) is 0.606. The van der Waals surface area contributed by atoms with Crippen LogP contribution in [0.3, 0.4) is 0 Å². The Labute approximate surface area is 128 Å². The van der Waals surface area contributed by atoms with Gasteiger partial charge in [-0.1, -0.05) is 12.1 Å². The molecule has 0 unspecified atom stereocenters. The van der Waals surface area contributed by atoms with Crippen LogP contribution in [0, 0.1) is 0 Å². The van der Waals surface area contributed by atoms with Gasteiger partial charge >= 0.3 is 5.97 Å². The van der Waals surface area contributed by atoms with Gasteiger partial charge in [-0.2, -0.15) is 0 Å². The minimum absolute atomic E-state index is 0.320. The zero-order valence-electron chi connectivity index (χ0n) is 12.4. The fraction of sp³-hybridized carbons (Fsp3) is 0.176. The molecule has 0 aliphatic heterocycles. The average Bonchev–Trinajstić information content (AvgIpc) is 2.59. The van der Waals surface area contributed by atoms with E-state index in [4.69, 9.17) is 14.2 Å². The molecule has 0 aromatic heterocycles. The van der Waals surface area contributed by atoms with Crippen molar-refractivity contribution in [2.24, 2.45) is 0 Å². The van der Waals surface area contributed by atoms with Gasteiger partial charge in [0, 0.05) is 0 Å². The summed E-state index contributed by atoms with van der Waals surface area (Å²) in [7, 11) is 3.02. The van der Waals surface area contributed by atoms with Crippen molar-refractivity contribution in [3.8, 4) is 11.5 Å². The van der Waals surface area contributed by atoms with Crippen molar-refractivity contribution in [2.45, 2.75) is 0 Å². The van der Waals surface area contributed by atoms with E-state index in [-0.39, 0.29) is 12.4 Å². The van der Waals surface area contributed by atoms with E-state index in [0.29, 0.717) is 22.6 Å². The summed E-state index contributed by atoms with van der Waals surface area (Å²) < 4.78 is 15.2. The number of para-hydroxylation sites is 1. The third kappa shape index (κ3) is 3.63. The summed E-state index contributed by atoms with van der Waals surface area (Å²) in [5.74, 6) is 0.208. The molecule has 2 aromatic rings. The molecule has 0 bridgehead atoms. The van der Waals surface area contributed by atoms with Crippen molar-refractivity contribution in [3.05, 3.63) is 59.7 Å². The number of hydrogen-bond acceptors (Lipinski definition) is 5. The van der Waals surface area contributed by atoms with Crippen molar-refractivity contribution in [2.75, 3.05) is 20.8 Å². The Morgan fingerprint density at radius 2 is 1.59 bits per heavy atom. The number of ether oxygens (including phenoxy) is 3. The van der Waals surface area contributed by atoms with E-state index in [1.54, 1.807) is 55.6 Å². The molecule has 0 saturated heterocycles. The lowest BCUT2D eigenvalue weighted by atomic mass is 10.1. The number of esters is 1. The van der Waals surface area contributed by atoms with E-state index in [2.05, 4.69) is 0 Å². The predicted octanol–water partition coefficient (Wildman–Crippen LogP) is 2.74. The fourth-order valence-electron chi connectivity index (χ4n) is 1.89. The minimum Gasteiger partial charge on any atom is -0.497 e. The van der Waals surface area contributed by atoms with Gasteiger partial charge in [0.1, 0.15) is 11.5 Å². The third-order valence-electron chi connectivity index (χ3n) is 3.07. The number of Topliss-reactive ketones (excluding diaryl/α,β-unsaturated/α-hetero) is 1. The summed E-state index contributed by atoms with van der Waals surface area (Å²) in [6.45, 7) is -0.342. The number of benzene rings is 2. The molecule has 0 aliphatic rings. The minimum atomic E-state index is -0.564. The molecule has 2 rings (SSSR count). The zero-order chi connectivity index (χ0) is 15.9. The molecular formula is C17H16O5. The summed E-state index contributed by atoms with van der Waals surface area (Å²) in [6.07, 6.45) is 0. The molecule has 0 aliphatic carbocycles. The Bertz CT molecular complexity index is 661. The summed E-state index contributed by atoms with van der Waals surface area (Å²) in [5.41, 5.74) is 0.737. The maximum absolute atomic E-state index is 12.1. The first-order valence-electron chi connectivity index (χ1n) is 6.63. The summed E-state index contributed by atoms with van der Waals surface area (Å²) in [6, 6.07) is 13.3. The molecule has 0 N–H and O–H groups in total. The van der Waals surface area contributed by atoms with Gasteiger partial charge < -0.3 is 14.2 Å². The largest absolute Gasteiger partial charge is 0.497 e. The Balaban J connectivity index is 1.99. The van der Waals surface area contributed by atoms with Crippen LogP contribution in [0.2, 0.25) is 0 Å². The first-order chi connectivity index (χ1) is 10.7. The fourth-order valence-corrected chi connectivity index (χ4v) is 1.89. The highest BCUT2D eigenvalue weighted by Crippen LogP contribution is 2.18. The Morgan fingerprint density at radius 1 is 0.909 bits per heavy atom. The molecule has 0 heterocycles. The van der Waals surface area contributed by atoms with E-state index >= 15 is 0 Å². The standard InChI is InChI=1S/C17H16O5/c1-20-13-9-7-12(8-10-13)17(19)22-11-15(18)14-5-3-4-6-16(14)21-2/h3-10H,11H2,1-2H3. The van der Waals surface area contributed by atoms with Crippen LogP contribution in [0.5, 0.6) is 11.5 Å². The number of hydrogen-bond donors (Lipinski definition) is 0. The van der Waals surface area contributed by atoms with Crippen LogP contribution in [-0.4, -0.2) is 32.6 Å². The SMILES string of the molecule is COc1ccc(C(=O)OCC(=O)c2ccccc2OC)cc1. The molecular weight excluding hydrogens is 284 g/mol. The second-order valence-corrected chi connectivity index (χ2v) is 4.43. The molecule has 114 valence electrons. The normalized spacial score (nSPS) is 9.91. The molecule has 0 atom stereocenters. The molecule has 0 radical (unpaired) electrons. The van der Waals surface area contributed by atoms with Crippen molar-refractivity contribution < 1.29 is 23.8 Å². The van der Waals surface area contributed by atoms with Gasteiger partial charge in [0.2, 0.25) is 5.78 Å². The smallest absolute Gasteiger partial charge is 0.338 e. The van der Waals surface area contributed by atoms with E-state index in [9.17, 15) is 9.59 Å². The molecule has 22 heavy (non-hydrogen) atoms. The van der Waals surface area contributed by atoms with E-state index in [1.165, 1.54) is 7.11 Å². The maximum atomic E-state index is 12.1. The molecule has 5 heteroatoms. The van der Waals surface area contributed by atoms with Gasteiger partial charge in [0.05, 0.1) is 25.3 Å². The second kappa shape index (κ2) is 7.26. The topological polar surface area (TPSA) is 61.8 Å². The van der Waals surface area contributed by atoms with Crippen LogP contribution in [0.25, 0.3) is 0 Å². The molecule has 0 amide bonds. The lowest BCUT2D eigenvalue weighted by Gasteiger charge is -2.08. The number of rotatable bonds is 6. The first kappa shape index (κ1) is 15.6. The lowest BCUT2D eigenvalue weighted by molar-refractivity contribution is 0.0474. The molecule has 0 spiro atoms. The first-order valence-corrected chi connectivity index (χ1v) is 6.63. The summed E-state index contributed by atoms with van der Waals surface area (Å²) in [4.78, 5) is 24.0. The van der Waals surface area contributed by atoms with Crippen LogP contribution < -0.4 is 9.47 Å². The predicted molar refractivity (Wildman–Crippen MR) is 80.6 cm³/mol. The van der Waals surface area contributed by atoms with Gasteiger partial charge in [-0.05, 0) is 36.4 Å². The molecule has 2 aromatic carbocycles. The number of carbonyl (C=O) groups excluding carboxylic acids is 2. The third-order valence-corrected chi connectivity index (χ3v) is 3.07. The second-order valence-electron chi connectivity index (χ2n) is 4.43. The van der Waals surface area contributed by atoms with E-state index in [1.807, 2.05) is 0 Å². The molecule has 0 fully saturated rings. The monoisotopic (exact) mass is 300 g/mol. The maximum Gasteiger partial charge on any atom is 0.338 e. The van der Waals surface area contributed by atoms with Crippen LogP contribution >= 0.6 is 0 Å². The van der Waals surface area contributed by atoms with E-state index in [0.717, 1.165) is 0 Å². The van der Waals surface area contributed by atoms with Crippen molar-refractivity contribution in [1.29, 1.82) is 0 Å². The Hall–Kier alpha value is -2.82. The van der Waals surface area contributed by atoms with Crippen LogP contribution in [-0.2, 0) is 4.74 Å². The van der Waals surface area contributed by atoms with Gasteiger partial charge in [-0.3, -0.25) is 4.79 Å². The summed E-state index contributed by atoms with van der Waals surface area (Å²) in [5, 5.41) is 0. The Kier molecular flexibility index (Phi) is 5.14. The van der Waals surface area contributed by atoms with Gasteiger partial charge in [-0.25, -0.2) is 4.79 Å². The number of methoxy groups -OCH3 is 2. The number of carbonyl (C=O) groups is 2. The highest BCUT2D eigenvalue weighted by atomic mass is 16.5. The van der Waals surface area contributed by atoms with Crippen LogP contribution in [0.1, 0.15) is 20.7 Å². The highest BCUT2D eigenvalue weighted by molar-refractivity contribution is 6.01.